The first-order valence-corrected chi connectivity index (χ1v) is 12.4. The number of amides is 3. The highest BCUT2D eigenvalue weighted by atomic mass is 32.1. The molecule has 7 nitrogen and oxygen atoms in total. The predicted molar refractivity (Wildman–Crippen MR) is 143 cm³/mol. The van der Waals surface area contributed by atoms with Crippen LogP contribution in [0.2, 0.25) is 0 Å². The summed E-state index contributed by atoms with van der Waals surface area (Å²) in [5.41, 5.74) is 3.65. The van der Waals surface area contributed by atoms with Gasteiger partial charge < -0.3 is 20.3 Å². The Bertz CT molecular complexity index is 1060. The standard InChI is InChI=1S/C27H37N3O4S/c1-8-30(25(32)22(16-35)29-26(33)34-27(5,6)7)23(20-14-13-17(2)19(4)15-20)24(31)28-21-12-10-9-11-18(21)3/h9-15,22-23,35H,8,16H2,1-7H3,(H,28,31)(H,29,33). The molecule has 0 bridgehead atoms. The summed E-state index contributed by atoms with van der Waals surface area (Å²) in [5.74, 6) is -0.711. The van der Waals surface area contributed by atoms with E-state index < -0.39 is 29.7 Å². The fourth-order valence-electron chi connectivity index (χ4n) is 3.62. The Balaban J connectivity index is 2.43. The topological polar surface area (TPSA) is 87.7 Å². The van der Waals surface area contributed by atoms with Crippen molar-refractivity contribution in [2.24, 2.45) is 0 Å². The van der Waals surface area contributed by atoms with Crippen LogP contribution < -0.4 is 10.6 Å². The normalized spacial score (nSPS) is 12.9. The Hall–Kier alpha value is -3.00. The molecule has 0 aromatic heterocycles. The molecule has 35 heavy (non-hydrogen) atoms. The zero-order chi connectivity index (χ0) is 26.3. The van der Waals surface area contributed by atoms with E-state index in [9.17, 15) is 14.4 Å². The summed E-state index contributed by atoms with van der Waals surface area (Å²) in [7, 11) is 0. The second-order valence-electron chi connectivity index (χ2n) is 9.56. The molecule has 0 heterocycles. The lowest BCUT2D eigenvalue weighted by molar-refractivity contribution is -0.140. The molecule has 0 aliphatic carbocycles. The van der Waals surface area contributed by atoms with Gasteiger partial charge in [-0.3, -0.25) is 9.59 Å². The summed E-state index contributed by atoms with van der Waals surface area (Å²) >= 11 is 4.29. The Morgan fingerprint density at radius 1 is 1.00 bits per heavy atom. The molecule has 0 aliphatic heterocycles. The minimum Gasteiger partial charge on any atom is -0.444 e. The maximum Gasteiger partial charge on any atom is 0.408 e. The maximum absolute atomic E-state index is 13.7. The lowest BCUT2D eigenvalue weighted by Gasteiger charge is -2.33. The number of thiol groups is 1. The van der Waals surface area contributed by atoms with Crippen molar-refractivity contribution in [2.75, 3.05) is 17.6 Å². The van der Waals surface area contributed by atoms with Crippen LogP contribution >= 0.6 is 12.6 Å². The van der Waals surface area contributed by atoms with Gasteiger partial charge in [-0.25, -0.2) is 4.79 Å². The number of likely N-dealkylation sites (N-methyl/N-ethyl adjacent to an activating group) is 1. The van der Waals surface area contributed by atoms with E-state index in [0.29, 0.717) is 11.3 Å². The molecule has 0 saturated heterocycles. The fraction of sp³-hybridized carbons (Fsp3) is 0.444. The molecule has 8 heteroatoms. The Morgan fingerprint density at radius 2 is 1.66 bits per heavy atom. The van der Waals surface area contributed by atoms with Gasteiger partial charge in [0.15, 0.2) is 0 Å². The largest absolute Gasteiger partial charge is 0.444 e. The third-order valence-electron chi connectivity index (χ3n) is 5.61. The maximum atomic E-state index is 13.7. The van der Waals surface area contributed by atoms with Gasteiger partial charge in [-0.2, -0.15) is 12.6 Å². The van der Waals surface area contributed by atoms with E-state index in [4.69, 9.17) is 4.74 Å². The summed E-state index contributed by atoms with van der Waals surface area (Å²) in [5, 5.41) is 5.58. The van der Waals surface area contributed by atoms with Gasteiger partial charge in [-0.15, -0.1) is 0 Å². The first-order chi connectivity index (χ1) is 16.4. The summed E-state index contributed by atoms with van der Waals surface area (Å²) in [4.78, 5) is 41.1. The zero-order valence-electron chi connectivity index (χ0n) is 21.6. The van der Waals surface area contributed by atoms with Crippen LogP contribution in [-0.4, -0.2) is 46.7 Å². The van der Waals surface area contributed by atoms with Gasteiger partial charge in [-0.1, -0.05) is 36.4 Å². The van der Waals surface area contributed by atoms with Crippen LogP contribution in [0.5, 0.6) is 0 Å². The minimum absolute atomic E-state index is 0.0492. The van der Waals surface area contributed by atoms with Gasteiger partial charge in [0, 0.05) is 18.0 Å². The van der Waals surface area contributed by atoms with Crippen molar-refractivity contribution < 1.29 is 19.1 Å². The number of alkyl carbamates (subject to hydrolysis) is 1. The van der Waals surface area contributed by atoms with E-state index in [1.807, 2.05) is 63.2 Å². The van der Waals surface area contributed by atoms with Crippen molar-refractivity contribution in [3.63, 3.8) is 0 Å². The van der Waals surface area contributed by atoms with E-state index >= 15 is 0 Å². The molecule has 0 fully saturated rings. The zero-order valence-corrected chi connectivity index (χ0v) is 22.5. The van der Waals surface area contributed by atoms with E-state index in [1.165, 1.54) is 4.90 Å². The first-order valence-electron chi connectivity index (χ1n) is 11.7. The Kier molecular flexibility index (Phi) is 9.77. The van der Waals surface area contributed by atoms with E-state index in [-0.39, 0.29) is 18.2 Å². The lowest BCUT2D eigenvalue weighted by Crippen LogP contribution is -2.53. The van der Waals surface area contributed by atoms with Gasteiger partial charge in [0.1, 0.15) is 17.7 Å². The monoisotopic (exact) mass is 499 g/mol. The average Bonchev–Trinajstić information content (AvgIpc) is 2.77. The molecular weight excluding hydrogens is 462 g/mol. The van der Waals surface area contributed by atoms with Crippen LogP contribution in [0.1, 0.15) is 56.0 Å². The number of aryl methyl sites for hydroxylation is 3. The van der Waals surface area contributed by atoms with Crippen LogP contribution in [0.4, 0.5) is 10.5 Å². The molecule has 0 spiro atoms. The molecular formula is C27H37N3O4S. The SMILES string of the molecule is CCN(C(=O)C(CS)NC(=O)OC(C)(C)C)C(C(=O)Nc1ccccc1C)c1ccc(C)c(C)c1. The summed E-state index contributed by atoms with van der Waals surface area (Å²) in [6, 6.07) is 11.3. The Morgan fingerprint density at radius 3 is 2.20 bits per heavy atom. The van der Waals surface area contributed by atoms with Crippen molar-refractivity contribution in [1.29, 1.82) is 0 Å². The Labute approximate surface area is 214 Å². The molecule has 0 saturated carbocycles. The van der Waals surface area contributed by atoms with E-state index in [0.717, 1.165) is 16.7 Å². The van der Waals surface area contributed by atoms with Crippen molar-refractivity contribution >= 4 is 36.2 Å². The van der Waals surface area contributed by atoms with Crippen LogP contribution in [-0.2, 0) is 14.3 Å². The van der Waals surface area contributed by atoms with Gasteiger partial charge in [0.25, 0.3) is 5.91 Å². The second kappa shape index (κ2) is 12.1. The van der Waals surface area contributed by atoms with Crippen LogP contribution in [0.3, 0.4) is 0 Å². The van der Waals surface area contributed by atoms with Crippen molar-refractivity contribution in [3.8, 4) is 0 Å². The molecule has 190 valence electrons. The number of rotatable bonds is 8. The minimum atomic E-state index is -0.964. The summed E-state index contributed by atoms with van der Waals surface area (Å²) in [6.45, 7) is 13.1. The molecule has 0 radical (unpaired) electrons. The molecule has 2 atom stereocenters. The highest BCUT2D eigenvalue weighted by molar-refractivity contribution is 7.80. The van der Waals surface area contributed by atoms with Crippen LogP contribution in [0.15, 0.2) is 42.5 Å². The summed E-state index contributed by atoms with van der Waals surface area (Å²) in [6.07, 6.45) is -0.715. The smallest absolute Gasteiger partial charge is 0.408 e. The molecule has 2 aromatic rings. The predicted octanol–water partition coefficient (Wildman–Crippen LogP) is 4.96. The number of anilines is 1. The number of benzene rings is 2. The van der Waals surface area contributed by atoms with Gasteiger partial charge >= 0.3 is 6.09 Å². The van der Waals surface area contributed by atoms with Gasteiger partial charge in [0.05, 0.1) is 0 Å². The molecule has 2 rings (SSSR count). The highest BCUT2D eigenvalue weighted by Crippen LogP contribution is 2.27. The van der Waals surface area contributed by atoms with Crippen molar-refractivity contribution in [2.45, 2.75) is 66.2 Å². The van der Waals surface area contributed by atoms with Crippen LogP contribution in [0.25, 0.3) is 0 Å². The van der Waals surface area contributed by atoms with Gasteiger partial charge in [0.2, 0.25) is 5.91 Å². The van der Waals surface area contributed by atoms with Gasteiger partial charge in [-0.05, 0) is 76.8 Å². The van der Waals surface area contributed by atoms with Crippen molar-refractivity contribution in [1.82, 2.24) is 10.2 Å². The second-order valence-corrected chi connectivity index (χ2v) is 9.92. The number of nitrogens with zero attached hydrogens (tertiary/aromatic N) is 1. The quantitative estimate of drug-likeness (QED) is 0.448. The third-order valence-corrected chi connectivity index (χ3v) is 5.97. The lowest BCUT2D eigenvalue weighted by atomic mass is 9.98. The van der Waals surface area contributed by atoms with Crippen LogP contribution in [0, 0.1) is 20.8 Å². The molecule has 2 aromatic carbocycles. The summed E-state index contributed by atoms with van der Waals surface area (Å²) < 4.78 is 5.31. The molecule has 0 aliphatic rings. The number of hydrogen-bond acceptors (Lipinski definition) is 5. The number of nitrogens with one attached hydrogen (secondary N) is 2. The molecule has 2 N–H and O–H groups in total. The number of carbonyl (C=O) groups excluding carboxylic acids is 3. The van der Waals surface area contributed by atoms with E-state index in [2.05, 4.69) is 23.3 Å². The molecule has 2 unspecified atom stereocenters. The number of hydrogen-bond donors (Lipinski definition) is 3. The molecule has 3 amide bonds. The number of ether oxygens (including phenoxy) is 1. The highest BCUT2D eigenvalue weighted by Gasteiger charge is 2.35. The first kappa shape index (κ1) is 28.2. The van der Waals surface area contributed by atoms with E-state index in [1.54, 1.807) is 27.7 Å². The fourth-order valence-corrected chi connectivity index (χ4v) is 3.87. The van der Waals surface area contributed by atoms with Crippen molar-refractivity contribution in [3.05, 3.63) is 64.7 Å². The average molecular weight is 500 g/mol. The number of para-hydroxylation sites is 1. The third kappa shape index (κ3) is 7.75. The number of carbonyl (C=O) groups is 3.